The molecule has 2 aromatic rings. The van der Waals surface area contributed by atoms with Gasteiger partial charge in [0.25, 0.3) is 0 Å². The van der Waals surface area contributed by atoms with Crippen LogP contribution in [0.15, 0.2) is 42.6 Å². The van der Waals surface area contributed by atoms with Crippen LogP contribution in [0.5, 0.6) is 5.75 Å². The first-order valence-corrected chi connectivity index (χ1v) is 5.74. The lowest BCUT2D eigenvalue weighted by Crippen LogP contribution is -2.01. The summed E-state index contributed by atoms with van der Waals surface area (Å²) in [7, 11) is 1.62. The van der Waals surface area contributed by atoms with E-state index in [0.29, 0.717) is 6.54 Å². The van der Waals surface area contributed by atoms with E-state index >= 15 is 0 Å². The fraction of sp³-hybridized carbons (Fsp3) is 0.214. The minimum atomic E-state index is 0.0771. The Bertz CT molecular complexity index is 433. The number of aliphatic hydroxyl groups is 1. The van der Waals surface area contributed by atoms with Crippen molar-refractivity contribution in [3.8, 4) is 5.75 Å². The average molecular weight is 244 g/mol. The molecular formula is C14H16N2O2. The molecule has 0 spiro atoms. The van der Waals surface area contributed by atoms with Crippen LogP contribution in [0, 0.1) is 0 Å². The Morgan fingerprint density at radius 1 is 1.11 bits per heavy atom. The number of hydrogen-bond acceptors (Lipinski definition) is 4. The lowest BCUT2D eigenvalue weighted by Gasteiger charge is -2.07. The summed E-state index contributed by atoms with van der Waals surface area (Å²) in [5.41, 5.74) is 2.06. The van der Waals surface area contributed by atoms with Crippen LogP contribution in [-0.2, 0) is 13.2 Å². The molecule has 94 valence electrons. The second-order valence-electron chi connectivity index (χ2n) is 3.91. The molecule has 0 aliphatic heterocycles. The average Bonchev–Trinajstić information content (AvgIpc) is 2.46. The lowest BCUT2D eigenvalue weighted by atomic mass is 10.1. The van der Waals surface area contributed by atoms with Crippen molar-refractivity contribution in [1.29, 1.82) is 0 Å². The molecule has 0 saturated carbocycles. The number of nitrogens with one attached hydrogen (secondary N) is 1. The molecule has 0 amide bonds. The summed E-state index contributed by atoms with van der Waals surface area (Å²) in [5.74, 6) is 1.55. The zero-order valence-electron chi connectivity index (χ0n) is 10.3. The molecule has 0 saturated heterocycles. The number of rotatable bonds is 5. The smallest absolute Gasteiger partial charge is 0.137 e. The molecule has 2 rings (SSSR count). The van der Waals surface area contributed by atoms with Crippen molar-refractivity contribution in [2.75, 3.05) is 12.4 Å². The van der Waals surface area contributed by atoms with E-state index in [-0.39, 0.29) is 6.61 Å². The summed E-state index contributed by atoms with van der Waals surface area (Å²) in [6, 6.07) is 11.5. The molecule has 4 nitrogen and oxygen atoms in total. The Labute approximate surface area is 106 Å². The van der Waals surface area contributed by atoms with Gasteiger partial charge in [-0.3, -0.25) is 0 Å². The molecule has 2 N–H and O–H groups in total. The van der Waals surface area contributed by atoms with Gasteiger partial charge in [0.2, 0.25) is 0 Å². The summed E-state index contributed by atoms with van der Waals surface area (Å²) in [6.45, 7) is 0.777. The van der Waals surface area contributed by atoms with Gasteiger partial charge in [-0.15, -0.1) is 0 Å². The lowest BCUT2D eigenvalue weighted by molar-refractivity contribution is 0.282. The Morgan fingerprint density at radius 3 is 2.39 bits per heavy atom. The third-order valence-corrected chi connectivity index (χ3v) is 2.65. The van der Waals surface area contributed by atoms with Crippen LogP contribution in [-0.4, -0.2) is 17.2 Å². The fourth-order valence-electron chi connectivity index (χ4n) is 1.56. The number of methoxy groups -OCH3 is 1. The van der Waals surface area contributed by atoms with Crippen molar-refractivity contribution in [3.63, 3.8) is 0 Å². The van der Waals surface area contributed by atoms with E-state index in [1.165, 1.54) is 0 Å². The molecular weight excluding hydrogens is 228 g/mol. The predicted molar refractivity (Wildman–Crippen MR) is 70.5 cm³/mol. The Balaban J connectivity index is 1.93. The van der Waals surface area contributed by atoms with Crippen LogP contribution in [0.1, 0.15) is 11.1 Å². The molecule has 18 heavy (non-hydrogen) atoms. The van der Waals surface area contributed by atoms with Gasteiger partial charge in [-0.25, -0.2) is 4.98 Å². The molecule has 0 aliphatic rings. The first-order valence-electron chi connectivity index (χ1n) is 5.74. The van der Waals surface area contributed by atoms with Gasteiger partial charge in [-0.1, -0.05) is 24.3 Å². The van der Waals surface area contributed by atoms with E-state index in [2.05, 4.69) is 10.3 Å². The van der Waals surface area contributed by atoms with Crippen molar-refractivity contribution in [3.05, 3.63) is 53.7 Å². The van der Waals surface area contributed by atoms with Gasteiger partial charge < -0.3 is 15.2 Å². The predicted octanol–water partition coefficient (Wildman–Crippen LogP) is 2.19. The van der Waals surface area contributed by atoms with Crippen LogP contribution in [0.25, 0.3) is 0 Å². The summed E-state index contributed by atoms with van der Waals surface area (Å²) < 4.78 is 5.04. The van der Waals surface area contributed by atoms with E-state index in [4.69, 9.17) is 9.84 Å². The number of hydrogen-bond donors (Lipinski definition) is 2. The number of aromatic nitrogens is 1. The van der Waals surface area contributed by atoms with Crippen LogP contribution < -0.4 is 10.1 Å². The summed E-state index contributed by atoms with van der Waals surface area (Å²) >= 11 is 0. The molecule has 0 bridgehead atoms. The number of pyridine rings is 1. The van der Waals surface area contributed by atoms with E-state index in [1.54, 1.807) is 13.3 Å². The fourth-order valence-corrected chi connectivity index (χ4v) is 1.56. The standard InChI is InChI=1S/C14H16N2O2/c1-18-13-6-7-14(16-9-13)15-8-11-2-4-12(10-17)5-3-11/h2-7,9,17H,8,10H2,1H3,(H,15,16). The highest BCUT2D eigenvalue weighted by molar-refractivity contribution is 5.38. The number of benzene rings is 1. The summed E-state index contributed by atoms with van der Waals surface area (Å²) in [6.07, 6.45) is 1.68. The maximum absolute atomic E-state index is 8.95. The van der Waals surface area contributed by atoms with Gasteiger partial charge in [-0.2, -0.15) is 0 Å². The zero-order valence-corrected chi connectivity index (χ0v) is 10.3. The largest absolute Gasteiger partial charge is 0.495 e. The van der Waals surface area contributed by atoms with Gasteiger partial charge >= 0.3 is 0 Å². The SMILES string of the molecule is COc1ccc(NCc2ccc(CO)cc2)nc1. The minimum Gasteiger partial charge on any atom is -0.495 e. The summed E-state index contributed by atoms with van der Waals surface area (Å²) in [5, 5.41) is 12.2. The maximum atomic E-state index is 8.95. The maximum Gasteiger partial charge on any atom is 0.137 e. The Kier molecular flexibility index (Phi) is 4.15. The molecule has 0 radical (unpaired) electrons. The number of aliphatic hydroxyl groups excluding tert-OH is 1. The highest BCUT2D eigenvalue weighted by Crippen LogP contribution is 2.12. The van der Waals surface area contributed by atoms with E-state index in [0.717, 1.165) is 22.7 Å². The Morgan fingerprint density at radius 2 is 1.83 bits per heavy atom. The molecule has 1 aromatic carbocycles. The van der Waals surface area contributed by atoms with Gasteiger partial charge in [0.1, 0.15) is 11.6 Å². The quantitative estimate of drug-likeness (QED) is 0.846. The molecule has 0 fully saturated rings. The normalized spacial score (nSPS) is 10.1. The molecule has 1 aromatic heterocycles. The molecule has 0 unspecified atom stereocenters. The number of anilines is 1. The number of ether oxygens (including phenoxy) is 1. The van der Waals surface area contributed by atoms with E-state index in [9.17, 15) is 0 Å². The molecule has 0 atom stereocenters. The minimum absolute atomic E-state index is 0.0771. The second kappa shape index (κ2) is 6.02. The van der Waals surface area contributed by atoms with Crippen molar-refractivity contribution >= 4 is 5.82 Å². The first-order chi connectivity index (χ1) is 8.81. The van der Waals surface area contributed by atoms with Gasteiger partial charge in [0, 0.05) is 6.54 Å². The third-order valence-electron chi connectivity index (χ3n) is 2.65. The molecule has 4 heteroatoms. The molecule has 0 aliphatic carbocycles. The van der Waals surface area contributed by atoms with Gasteiger partial charge in [0.05, 0.1) is 19.9 Å². The summed E-state index contributed by atoms with van der Waals surface area (Å²) in [4.78, 5) is 4.22. The number of nitrogens with zero attached hydrogens (tertiary/aromatic N) is 1. The zero-order chi connectivity index (χ0) is 12.8. The van der Waals surface area contributed by atoms with Crippen LogP contribution in [0.2, 0.25) is 0 Å². The van der Waals surface area contributed by atoms with Gasteiger partial charge in [0.15, 0.2) is 0 Å². The molecule has 1 heterocycles. The van der Waals surface area contributed by atoms with Crippen LogP contribution >= 0.6 is 0 Å². The monoisotopic (exact) mass is 244 g/mol. The van der Waals surface area contributed by atoms with Crippen molar-refractivity contribution < 1.29 is 9.84 Å². The topological polar surface area (TPSA) is 54.4 Å². The van der Waals surface area contributed by atoms with E-state index < -0.39 is 0 Å². The highest BCUT2D eigenvalue weighted by atomic mass is 16.5. The third kappa shape index (κ3) is 3.21. The van der Waals surface area contributed by atoms with Crippen molar-refractivity contribution in [2.45, 2.75) is 13.2 Å². The Hall–Kier alpha value is -2.07. The van der Waals surface area contributed by atoms with Crippen LogP contribution in [0.3, 0.4) is 0 Å². The first kappa shape index (κ1) is 12.4. The van der Waals surface area contributed by atoms with Crippen LogP contribution in [0.4, 0.5) is 5.82 Å². The highest BCUT2D eigenvalue weighted by Gasteiger charge is 1.97. The van der Waals surface area contributed by atoms with Crippen molar-refractivity contribution in [2.24, 2.45) is 0 Å². The van der Waals surface area contributed by atoms with E-state index in [1.807, 2.05) is 36.4 Å². The van der Waals surface area contributed by atoms with Crippen molar-refractivity contribution in [1.82, 2.24) is 4.98 Å². The second-order valence-corrected chi connectivity index (χ2v) is 3.91. The van der Waals surface area contributed by atoms with Gasteiger partial charge in [-0.05, 0) is 23.3 Å².